The number of pyridine rings is 1. The Morgan fingerprint density at radius 2 is 2.39 bits per heavy atom. The van der Waals surface area contributed by atoms with Crippen molar-refractivity contribution in [1.29, 1.82) is 0 Å². The van der Waals surface area contributed by atoms with Crippen LogP contribution in [0, 0.1) is 0 Å². The number of ether oxygens (including phenoxy) is 1. The summed E-state index contributed by atoms with van der Waals surface area (Å²) in [6.07, 6.45) is 3.25. The summed E-state index contributed by atoms with van der Waals surface area (Å²) in [5, 5.41) is -0.0921. The minimum absolute atomic E-state index is 0.0327. The molecule has 100 valence electrons. The summed E-state index contributed by atoms with van der Waals surface area (Å²) in [6, 6.07) is 3.13. The van der Waals surface area contributed by atoms with Crippen molar-refractivity contribution in [2.45, 2.75) is 24.0 Å². The number of nitrogens with zero attached hydrogens (tertiary/aromatic N) is 2. The third-order valence-electron chi connectivity index (χ3n) is 2.94. The van der Waals surface area contributed by atoms with Crippen LogP contribution >= 0.6 is 0 Å². The van der Waals surface area contributed by atoms with Gasteiger partial charge in [-0.2, -0.15) is 4.31 Å². The van der Waals surface area contributed by atoms with E-state index in [2.05, 4.69) is 4.98 Å². The number of anilines is 1. The molecule has 0 bridgehead atoms. The fourth-order valence-electron chi connectivity index (χ4n) is 1.94. The standard InChI is InChI=1S/C11H17N3O3S/c1-14(8-9-4-3-7-17-9)18(15,16)11-10(12)5-2-6-13-11/h2,5-6,9H,3-4,7-8,12H2,1H3. The van der Waals surface area contributed by atoms with E-state index in [0.717, 1.165) is 12.8 Å². The Hall–Kier alpha value is -1.18. The lowest BCUT2D eigenvalue weighted by Gasteiger charge is -2.20. The highest BCUT2D eigenvalue weighted by molar-refractivity contribution is 7.89. The van der Waals surface area contributed by atoms with Crippen molar-refractivity contribution in [2.24, 2.45) is 0 Å². The number of nitrogens with two attached hydrogens (primary N) is 1. The normalized spacial score (nSPS) is 20.4. The maximum Gasteiger partial charge on any atom is 0.262 e. The number of likely N-dealkylation sites (N-methyl/N-ethyl adjacent to an activating group) is 1. The van der Waals surface area contributed by atoms with Gasteiger partial charge >= 0.3 is 0 Å². The van der Waals surface area contributed by atoms with E-state index in [1.807, 2.05) is 0 Å². The molecular formula is C11H17N3O3S. The monoisotopic (exact) mass is 271 g/mol. The number of rotatable bonds is 4. The van der Waals surface area contributed by atoms with Crippen molar-refractivity contribution in [3.63, 3.8) is 0 Å². The lowest BCUT2D eigenvalue weighted by molar-refractivity contribution is 0.0978. The van der Waals surface area contributed by atoms with Crippen molar-refractivity contribution in [2.75, 3.05) is 25.9 Å². The molecule has 1 atom stereocenters. The van der Waals surface area contributed by atoms with Crippen LogP contribution in [0.1, 0.15) is 12.8 Å². The summed E-state index contributed by atoms with van der Waals surface area (Å²) in [4.78, 5) is 3.85. The van der Waals surface area contributed by atoms with Crippen molar-refractivity contribution in [1.82, 2.24) is 9.29 Å². The molecule has 1 saturated heterocycles. The van der Waals surface area contributed by atoms with Crippen molar-refractivity contribution in [3.05, 3.63) is 18.3 Å². The maximum atomic E-state index is 12.3. The molecule has 0 radical (unpaired) electrons. The van der Waals surface area contributed by atoms with E-state index in [1.165, 1.54) is 23.6 Å². The van der Waals surface area contributed by atoms with Gasteiger partial charge in [0.25, 0.3) is 10.0 Å². The molecule has 1 aliphatic heterocycles. The highest BCUT2D eigenvalue weighted by atomic mass is 32.2. The molecule has 0 aliphatic carbocycles. The van der Waals surface area contributed by atoms with Gasteiger partial charge in [0.15, 0.2) is 5.03 Å². The van der Waals surface area contributed by atoms with E-state index in [9.17, 15) is 8.42 Å². The van der Waals surface area contributed by atoms with Crippen LogP contribution in [0.5, 0.6) is 0 Å². The maximum absolute atomic E-state index is 12.3. The first-order valence-corrected chi connectivity index (χ1v) is 7.24. The second kappa shape index (κ2) is 5.21. The van der Waals surface area contributed by atoms with E-state index in [0.29, 0.717) is 13.2 Å². The second-order valence-corrected chi connectivity index (χ2v) is 6.28. The summed E-state index contributed by atoms with van der Waals surface area (Å²) in [5.74, 6) is 0. The van der Waals surface area contributed by atoms with Gasteiger partial charge in [-0.05, 0) is 25.0 Å². The van der Waals surface area contributed by atoms with Crippen molar-refractivity contribution >= 4 is 15.7 Å². The molecule has 7 heteroatoms. The van der Waals surface area contributed by atoms with Gasteiger partial charge < -0.3 is 10.5 Å². The van der Waals surface area contributed by atoms with Gasteiger partial charge in [0.05, 0.1) is 11.8 Å². The quantitative estimate of drug-likeness (QED) is 0.860. The van der Waals surface area contributed by atoms with Crippen molar-refractivity contribution in [3.8, 4) is 0 Å². The lowest BCUT2D eigenvalue weighted by Crippen LogP contribution is -2.34. The number of nitrogen functional groups attached to an aromatic ring is 1. The minimum atomic E-state index is -3.64. The minimum Gasteiger partial charge on any atom is -0.396 e. The van der Waals surface area contributed by atoms with E-state index in [1.54, 1.807) is 6.07 Å². The van der Waals surface area contributed by atoms with Gasteiger partial charge in [-0.3, -0.25) is 0 Å². The first kappa shape index (κ1) is 13.3. The summed E-state index contributed by atoms with van der Waals surface area (Å²) >= 11 is 0. The molecule has 2 heterocycles. The molecule has 1 aromatic rings. The fraction of sp³-hybridized carbons (Fsp3) is 0.545. The van der Waals surface area contributed by atoms with Crippen LogP contribution in [0.2, 0.25) is 0 Å². The van der Waals surface area contributed by atoms with E-state index in [-0.39, 0.29) is 16.8 Å². The van der Waals surface area contributed by atoms with Crippen LogP contribution in [-0.4, -0.2) is 44.0 Å². The van der Waals surface area contributed by atoms with Gasteiger partial charge in [-0.25, -0.2) is 13.4 Å². The highest BCUT2D eigenvalue weighted by Crippen LogP contribution is 2.20. The SMILES string of the molecule is CN(CC1CCCO1)S(=O)(=O)c1ncccc1N. The molecule has 1 aromatic heterocycles. The second-order valence-electron chi connectivity index (χ2n) is 4.32. The van der Waals surface area contributed by atoms with Crippen LogP contribution < -0.4 is 5.73 Å². The average molecular weight is 271 g/mol. The Kier molecular flexibility index (Phi) is 3.84. The molecule has 2 N–H and O–H groups in total. The predicted molar refractivity (Wildman–Crippen MR) is 67.4 cm³/mol. The van der Waals surface area contributed by atoms with Crippen LogP contribution in [0.4, 0.5) is 5.69 Å². The van der Waals surface area contributed by atoms with Gasteiger partial charge in [-0.15, -0.1) is 0 Å². The topological polar surface area (TPSA) is 85.5 Å². The summed E-state index contributed by atoms with van der Waals surface area (Å²) < 4.78 is 31.2. The Morgan fingerprint density at radius 3 is 3.00 bits per heavy atom. The molecule has 1 fully saturated rings. The molecule has 0 amide bonds. The number of hydrogen-bond donors (Lipinski definition) is 1. The Balaban J connectivity index is 2.17. The zero-order valence-corrected chi connectivity index (χ0v) is 11.1. The Morgan fingerprint density at radius 1 is 1.61 bits per heavy atom. The van der Waals surface area contributed by atoms with Gasteiger partial charge in [0.1, 0.15) is 0 Å². The molecule has 1 aliphatic rings. The van der Waals surface area contributed by atoms with Gasteiger partial charge in [-0.1, -0.05) is 0 Å². The van der Waals surface area contributed by atoms with Crippen LogP contribution in [0.15, 0.2) is 23.4 Å². The molecule has 18 heavy (non-hydrogen) atoms. The molecule has 0 aromatic carbocycles. The summed E-state index contributed by atoms with van der Waals surface area (Å²) in [5.41, 5.74) is 5.82. The summed E-state index contributed by atoms with van der Waals surface area (Å²) in [6.45, 7) is 1.03. The zero-order valence-electron chi connectivity index (χ0n) is 10.2. The molecule has 0 saturated carbocycles. The smallest absolute Gasteiger partial charge is 0.262 e. The third-order valence-corrected chi connectivity index (χ3v) is 4.74. The largest absolute Gasteiger partial charge is 0.396 e. The number of sulfonamides is 1. The Bertz CT molecular complexity index is 512. The average Bonchev–Trinajstić information content (AvgIpc) is 2.82. The third kappa shape index (κ3) is 2.63. The van der Waals surface area contributed by atoms with Crippen molar-refractivity contribution < 1.29 is 13.2 Å². The van der Waals surface area contributed by atoms with Crippen LogP contribution in [-0.2, 0) is 14.8 Å². The molecule has 0 spiro atoms. The molecular weight excluding hydrogens is 254 g/mol. The predicted octanol–water partition coefficient (Wildman–Crippen LogP) is 0.463. The van der Waals surface area contributed by atoms with Crippen LogP contribution in [0.3, 0.4) is 0 Å². The van der Waals surface area contributed by atoms with E-state index < -0.39 is 10.0 Å². The number of hydrogen-bond acceptors (Lipinski definition) is 5. The Labute approximate surface area is 107 Å². The molecule has 1 unspecified atom stereocenters. The lowest BCUT2D eigenvalue weighted by atomic mass is 10.2. The van der Waals surface area contributed by atoms with Crippen LogP contribution in [0.25, 0.3) is 0 Å². The molecule has 6 nitrogen and oxygen atoms in total. The highest BCUT2D eigenvalue weighted by Gasteiger charge is 2.28. The molecule has 2 rings (SSSR count). The van der Waals surface area contributed by atoms with Gasteiger partial charge in [0, 0.05) is 26.4 Å². The first-order chi connectivity index (χ1) is 8.51. The zero-order chi connectivity index (χ0) is 13.2. The number of aromatic nitrogens is 1. The van der Waals surface area contributed by atoms with Gasteiger partial charge in [0.2, 0.25) is 0 Å². The van der Waals surface area contributed by atoms with E-state index >= 15 is 0 Å². The van der Waals surface area contributed by atoms with E-state index in [4.69, 9.17) is 10.5 Å². The fourth-order valence-corrected chi connectivity index (χ4v) is 3.16. The first-order valence-electron chi connectivity index (χ1n) is 5.80. The summed E-state index contributed by atoms with van der Waals surface area (Å²) in [7, 11) is -2.12.